The molecule has 2 aromatic rings. The number of methoxy groups -OCH3 is 1. The highest BCUT2D eigenvalue weighted by molar-refractivity contribution is 5.84. The predicted molar refractivity (Wildman–Crippen MR) is 140 cm³/mol. The van der Waals surface area contributed by atoms with E-state index in [2.05, 4.69) is 51.5 Å². The Hall–Kier alpha value is -2.53. The number of rotatable bonds is 7. The van der Waals surface area contributed by atoms with E-state index in [0.717, 1.165) is 67.5 Å². The molecule has 4 saturated carbocycles. The summed E-state index contributed by atoms with van der Waals surface area (Å²) in [5, 5.41) is 3.67. The van der Waals surface area contributed by atoms with Gasteiger partial charge in [0.15, 0.2) is 0 Å². The van der Waals surface area contributed by atoms with Crippen LogP contribution in [0.1, 0.15) is 50.0 Å². The van der Waals surface area contributed by atoms with E-state index in [4.69, 9.17) is 4.74 Å². The van der Waals surface area contributed by atoms with Crippen molar-refractivity contribution in [2.45, 2.75) is 50.0 Å². The summed E-state index contributed by atoms with van der Waals surface area (Å²) in [6.07, 6.45) is 7.78. The molecule has 0 aromatic heterocycles. The van der Waals surface area contributed by atoms with Gasteiger partial charge in [-0.05, 0) is 74.0 Å². The summed E-state index contributed by atoms with van der Waals surface area (Å²) in [5.41, 5.74) is 2.36. The Bertz CT molecular complexity index is 996. The topological polar surface area (TPSA) is 44.8 Å². The second-order valence-corrected chi connectivity index (χ2v) is 11.6. The van der Waals surface area contributed by atoms with Gasteiger partial charge in [-0.1, -0.05) is 42.5 Å². The van der Waals surface area contributed by atoms with Crippen molar-refractivity contribution in [3.05, 3.63) is 60.2 Å². The van der Waals surface area contributed by atoms with Gasteiger partial charge < -0.3 is 15.0 Å². The van der Waals surface area contributed by atoms with Gasteiger partial charge in [0.2, 0.25) is 5.91 Å². The number of piperazine rings is 1. The molecule has 0 radical (unpaired) electrons. The summed E-state index contributed by atoms with van der Waals surface area (Å²) in [5.74, 6) is 3.55. The molecule has 1 saturated heterocycles. The van der Waals surface area contributed by atoms with Gasteiger partial charge >= 0.3 is 0 Å². The number of amides is 1. The van der Waals surface area contributed by atoms with Crippen LogP contribution in [0.5, 0.6) is 5.75 Å². The van der Waals surface area contributed by atoms with Crippen LogP contribution in [0.4, 0.5) is 5.69 Å². The lowest BCUT2D eigenvalue weighted by molar-refractivity contribution is -0.128. The number of carbonyl (C=O) groups is 1. The standard InChI is InChI=1S/C30H39N3O2/c1-35-28-10-6-5-9-27(28)33-13-11-32(12-14-33)21-26(25-7-3-2-4-8-25)29(34)31-30-18-22-15-23(19-30)17-24(16-22)20-30/h2-10,22-24,26H,11-21H2,1H3,(H,31,34)/t22?,23?,24?,26-,30?/m1/s1. The third kappa shape index (κ3) is 4.67. The molecule has 186 valence electrons. The van der Waals surface area contributed by atoms with Crippen LogP contribution in [0, 0.1) is 17.8 Å². The zero-order valence-electron chi connectivity index (χ0n) is 21.0. The van der Waals surface area contributed by atoms with E-state index in [1.54, 1.807) is 7.11 Å². The highest BCUT2D eigenvalue weighted by Crippen LogP contribution is 2.55. The molecule has 2 aromatic carbocycles. The van der Waals surface area contributed by atoms with Crippen molar-refractivity contribution < 1.29 is 9.53 Å². The number of anilines is 1. The van der Waals surface area contributed by atoms with E-state index in [-0.39, 0.29) is 17.4 Å². The number of hydrogen-bond acceptors (Lipinski definition) is 4. The summed E-state index contributed by atoms with van der Waals surface area (Å²) in [7, 11) is 1.74. The maximum atomic E-state index is 13.9. The number of carbonyl (C=O) groups excluding carboxylic acids is 1. The number of benzene rings is 2. The summed E-state index contributed by atoms with van der Waals surface area (Å²) in [6, 6.07) is 18.7. The molecule has 1 amide bonds. The minimum Gasteiger partial charge on any atom is -0.495 e. The normalized spacial score (nSPS) is 30.8. The molecule has 0 spiro atoms. The molecule has 1 N–H and O–H groups in total. The van der Waals surface area contributed by atoms with Gasteiger partial charge in [0.25, 0.3) is 0 Å². The molecule has 7 rings (SSSR count). The highest BCUT2D eigenvalue weighted by Gasteiger charge is 2.52. The summed E-state index contributed by atoms with van der Waals surface area (Å²) >= 11 is 0. The van der Waals surface area contributed by atoms with Crippen molar-refractivity contribution in [1.29, 1.82) is 0 Å². The Balaban J connectivity index is 1.15. The second-order valence-electron chi connectivity index (χ2n) is 11.6. The van der Waals surface area contributed by atoms with Gasteiger partial charge in [0, 0.05) is 38.3 Å². The van der Waals surface area contributed by atoms with Crippen molar-refractivity contribution in [2.75, 3.05) is 44.7 Å². The average Bonchev–Trinajstić information content (AvgIpc) is 2.87. The zero-order valence-corrected chi connectivity index (χ0v) is 21.0. The van der Waals surface area contributed by atoms with Crippen LogP contribution in [0.15, 0.2) is 54.6 Å². The van der Waals surface area contributed by atoms with Gasteiger partial charge in [0.1, 0.15) is 5.75 Å². The molecule has 4 aliphatic carbocycles. The molecule has 1 atom stereocenters. The third-order valence-corrected chi connectivity index (χ3v) is 9.18. The number of hydrogen-bond donors (Lipinski definition) is 1. The molecular formula is C30H39N3O2. The van der Waals surface area contributed by atoms with Crippen LogP contribution in [0.2, 0.25) is 0 Å². The van der Waals surface area contributed by atoms with Crippen LogP contribution in [-0.2, 0) is 4.79 Å². The van der Waals surface area contributed by atoms with Crippen LogP contribution in [0.3, 0.4) is 0 Å². The molecule has 1 aliphatic heterocycles. The second kappa shape index (κ2) is 9.50. The Morgan fingerprint density at radius 3 is 2.14 bits per heavy atom. The van der Waals surface area contributed by atoms with Crippen LogP contribution in [0.25, 0.3) is 0 Å². The fraction of sp³-hybridized carbons (Fsp3) is 0.567. The SMILES string of the molecule is COc1ccccc1N1CCN(C[C@@H](C(=O)NC23CC4CC(CC(C4)C2)C3)c2ccccc2)CC1. The maximum absolute atomic E-state index is 13.9. The van der Waals surface area contributed by atoms with E-state index in [0.29, 0.717) is 0 Å². The minimum atomic E-state index is -0.123. The Morgan fingerprint density at radius 2 is 1.51 bits per heavy atom. The molecule has 35 heavy (non-hydrogen) atoms. The number of ether oxygens (including phenoxy) is 1. The molecule has 1 heterocycles. The minimum absolute atomic E-state index is 0.0570. The van der Waals surface area contributed by atoms with Crippen molar-refractivity contribution in [3.63, 3.8) is 0 Å². The number of para-hydroxylation sites is 2. The monoisotopic (exact) mass is 473 g/mol. The maximum Gasteiger partial charge on any atom is 0.229 e. The Morgan fingerprint density at radius 1 is 0.914 bits per heavy atom. The van der Waals surface area contributed by atoms with E-state index >= 15 is 0 Å². The van der Waals surface area contributed by atoms with Crippen molar-refractivity contribution in [3.8, 4) is 5.75 Å². The van der Waals surface area contributed by atoms with Crippen LogP contribution in [-0.4, -0.2) is 56.2 Å². The number of nitrogens with zero attached hydrogens (tertiary/aromatic N) is 2. The first-order valence-corrected chi connectivity index (χ1v) is 13.6. The predicted octanol–water partition coefficient (Wildman–Crippen LogP) is 4.69. The Labute approximate surface area is 209 Å². The summed E-state index contributed by atoms with van der Waals surface area (Å²) in [6.45, 7) is 4.57. The van der Waals surface area contributed by atoms with E-state index in [1.165, 1.54) is 38.5 Å². The summed E-state index contributed by atoms with van der Waals surface area (Å²) < 4.78 is 5.59. The highest BCUT2D eigenvalue weighted by atomic mass is 16.5. The Kier molecular flexibility index (Phi) is 6.21. The molecule has 5 aliphatic rings. The quantitative estimate of drug-likeness (QED) is 0.634. The van der Waals surface area contributed by atoms with Gasteiger partial charge in [-0.25, -0.2) is 0 Å². The van der Waals surface area contributed by atoms with Gasteiger partial charge in [0.05, 0.1) is 18.7 Å². The smallest absolute Gasteiger partial charge is 0.229 e. The van der Waals surface area contributed by atoms with Crippen LogP contribution < -0.4 is 15.0 Å². The first-order chi connectivity index (χ1) is 17.1. The van der Waals surface area contributed by atoms with E-state index in [1.807, 2.05) is 18.2 Å². The lowest BCUT2D eigenvalue weighted by Gasteiger charge is -2.57. The van der Waals surface area contributed by atoms with Crippen molar-refractivity contribution >= 4 is 11.6 Å². The van der Waals surface area contributed by atoms with Gasteiger partial charge in [-0.2, -0.15) is 0 Å². The third-order valence-electron chi connectivity index (χ3n) is 9.18. The number of nitrogens with one attached hydrogen (secondary N) is 1. The summed E-state index contributed by atoms with van der Waals surface area (Å²) in [4.78, 5) is 18.8. The largest absolute Gasteiger partial charge is 0.495 e. The first kappa shape index (κ1) is 22.9. The molecule has 4 bridgehead atoms. The van der Waals surface area contributed by atoms with E-state index in [9.17, 15) is 4.79 Å². The van der Waals surface area contributed by atoms with Gasteiger partial charge in [-0.3, -0.25) is 9.69 Å². The average molecular weight is 474 g/mol. The van der Waals surface area contributed by atoms with Crippen molar-refractivity contribution in [2.24, 2.45) is 17.8 Å². The molecule has 0 unspecified atom stereocenters. The molecule has 5 nitrogen and oxygen atoms in total. The lowest BCUT2D eigenvalue weighted by atomic mass is 9.53. The molecule has 5 fully saturated rings. The lowest BCUT2D eigenvalue weighted by Crippen LogP contribution is -2.61. The fourth-order valence-electron chi connectivity index (χ4n) is 7.96. The van der Waals surface area contributed by atoms with E-state index < -0.39 is 0 Å². The fourth-order valence-corrected chi connectivity index (χ4v) is 7.96. The van der Waals surface area contributed by atoms with Crippen molar-refractivity contribution in [1.82, 2.24) is 10.2 Å². The molecule has 5 heteroatoms. The first-order valence-electron chi connectivity index (χ1n) is 13.6. The molecular weight excluding hydrogens is 434 g/mol. The van der Waals surface area contributed by atoms with Gasteiger partial charge in [-0.15, -0.1) is 0 Å². The van der Waals surface area contributed by atoms with Crippen LogP contribution >= 0.6 is 0 Å². The zero-order chi connectivity index (χ0) is 23.8.